The molecule has 0 radical (unpaired) electrons. The van der Waals surface area contributed by atoms with Gasteiger partial charge in [-0.15, -0.1) is 11.3 Å². The van der Waals surface area contributed by atoms with Gasteiger partial charge >= 0.3 is 0 Å². The van der Waals surface area contributed by atoms with Crippen molar-refractivity contribution in [2.45, 2.75) is 0 Å². The third kappa shape index (κ3) is 4.48. The van der Waals surface area contributed by atoms with Crippen LogP contribution in [0, 0.1) is 10.1 Å². The number of nitro benzene ring substituents is 1. The zero-order chi connectivity index (χ0) is 23.5. The Morgan fingerprint density at radius 2 is 1.82 bits per heavy atom. The highest BCUT2D eigenvalue weighted by atomic mass is 32.1. The van der Waals surface area contributed by atoms with E-state index in [9.17, 15) is 14.9 Å². The van der Waals surface area contributed by atoms with Gasteiger partial charge < -0.3 is 9.73 Å². The largest absolute Gasteiger partial charge is 0.456 e. The average Bonchev–Trinajstić information content (AvgIpc) is 3.50. The van der Waals surface area contributed by atoms with Crippen LogP contribution in [0.2, 0.25) is 0 Å². The summed E-state index contributed by atoms with van der Waals surface area (Å²) in [5.74, 6) is 0.438. The summed E-state index contributed by atoms with van der Waals surface area (Å²) in [4.78, 5) is 27.9. The van der Waals surface area contributed by atoms with E-state index in [1.54, 1.807) is 41.7 Å². The molecule has 5 aromatic rings. The van der Waals surface area contributed by atoms with Gasteiger partial charge in [0.25, 0.3) is 5.69 Å². The minimum atomic E-state index is -0.455. The predicted molar refractivity (Wildman–Crippen MR) is 134 cm³/mol. The standard InChI is InChI=1S/C26H17N3O4S/c30-25(15-13-19-12-14-23(33-19)20-8-1-3-10-22(20)29(31)32)27-18-7-5-6-17(16-18)26-28-21-9-2-4-11-24(21)34-26/h1-16H,(H,27,30). The van der Waals surface area contributed by atoms with E-state index in [4.69, 9.17) is 4.42 Å². The number of rotatable bonds is 6. The quantitative estimate of drug-likeness (QED) is 0.169. The molecule has 0 aliphatic heterocycles. The van der Waals surface area contributed by atoms with Crippen molar-refractivity contribution in [1.82, 2.24) is 4.98 Å². The highest BCUT2D eigenvalue weighted by Crippen LogP contribution is 2.32. The Hall–Kier alpha value is -4.56. The summed E-state index contributed by atoms with van der Waals surface area (Å²) in [5.41, 5.74) is 2.84. The molecule has 8 heteroatoms. The van der Waals surface area contributed by atoms with E-state index in [0.29, 0.717) is 22.8 Å². The first kappa shape index (κ1) is 21.3. The zero-order valence-corrected chi connectivity index (χ0v) is 18.5. The highest BCUT2D eigenvalue weighted by Gasteiger charge is 2.16. The van der Waals surface area contributed by atoms with Crippen molar-refractivity contribution >= 4 is 44.9 Å². The van der Waals surface area contributed by atoms with Crippen molar-refractivity contribution in [3.8, 4) is 21.9 Å². The number of furan rings is 1. The van der Waals surface area contributed by atoms with Crippen molar-refractivity contribution in [2.24, 2.45) is 0 Å². The van der Waals surface area contributed by atoms with Crippen molar-refractivity contribution in [2.75, 3.05) is 5.32 Å². The summed E-state index contributed by atoms with van der Waals surface area (Å²) in [6, 6.07) is 25.1. The Balaban J connectivity index is 1.29. The Kier molecular flexibility index (Phi) is 5.72. The molecule has 1 amide bonds. The van der Waals surface area contributed by atoms with Gasteiger partial charge in [-0.1, -0.05) is 36.4 Å². The van der Waals surface area contributed by atoms with Gasteiger partial charge in [0.15, 0.2) is 0 Å². The first-order chi connectivity index (χ1) is 16.6. The molecule has 0 saturated heterocycles. The first-order valence-corrected chi connectivity index (χ1v) is 11.2. The summed E-state index contributed by atoms with van der Waals surface area (Å²) in [6.45, 7) is 0. The van der Waals surface area contributed by atoms with Crippen LogP contribution in [0.5, 0.6) is 0 Å². The molecule has 0 bridgehead atoms. The molecular weight excluding hydrogens is 450 g/mol. The molecule has 0 unspecified atom stereocenters. The topological polar surface area (TPSA) is 98.3 Å². The Morgan fingerprint density at radius 3 is 2.68 bits per heavy atom. The van der Waals surface area contributed by atoms with Crippen LogP contribution in [-0.2, 0) is 4.79 Å². The average molecular weight is 468 g/mol. The minimum Gasteiger partial charge on any atom is -0.456 e. The van der Waals surface area contributed by atoms with E-state index in [1.165, 1.54) is 18.2 Å². The Bertz CT molecular complexity index is 1520. The first-order valence-electron chi connectivity index (χ1n) is 10.4. The number of nitrogens with zero attached hydrogens (tertiary/aromatic N) is 2. The lowest BCUT2D eigenvalue weighted by Crippen LogP contribution is -2.07. The number of para-hydroxylation sites is 2. The van der Waals surface area contributed by atoms with Crippen LogP contribution in [0.25, 0.3) is 38.2 Å². The number of carbonyl (C=O) groups excluding carboxylic acids is 1. The van der Waals surface area contributed by atoms with Crippen LogP contribution in [0.3, 0.4) is 0 Å². The third-order valence-corrected chi connectivity index (χ3v) is 6.15. The Morgan fingerprint density at radius 1 is 1.00 bits per heavy atom. The maximum Gasteiger partial charge on any atom is 0.280 e. The lowest BCUT2D eigenvalue weighted by molar-refractivity contribution is -0.384. The summed E-state index contributed by atoms with van der Waals surface area (Å²) >= 11 is 1.60. The fourth-order valence-corrected chi connectivity index (χ4v) is 4.46. The molecule has 0 aliphatic carbocycles. The van der Waals surface area contributed by atoms with Crippen molar-refractivity contribution in [3.63, 3.8) is 0 Å². The molecule has 0 fully saturated rings. The summed E-state index contributed by atoms with van der Waals surface area (Å²) < 4.78 is 6.79. The minimum absolute atomic E-state index is 0.0434. The molecule has 166 valence electrons. The van der Waals surface area contributed by atoms with Gasteiger partial charge in [0.05, 0.1) is 20.7 Å². The number of nitrogens with one attached hydrogen (secondary N) is 1. The summed E-state index contributed by atoms with van der Waals surface area (Å²) in [7, 11) is 0. The van der Waals surface area contributed by atoms with Crippen molar-refractivity contribution in [3.05, 3.63) is 107 Å². The normalized spacial score (nSPS) is 11.2. The van der Waals surface area contributed by atoms with Crippen molar-refractivity contribution in [1.29, 1.82) is 0 Å². The fraction of sp³-hybridized carbons (Fsp3) is 0. The molecule has 5 rings (SSSR count). The lowest BCUT2D eigenvalue weighted by atomic mass is 10.1. The molecule has 2 aromatic heterocycles. The Labute approximate surface area is 198 Å². The second-order valence-electron chi connectivity index (χ2n) is 7.37. The molecule has 0 saturated carbocycles. The SMILES string of the molecule is O=C(C=Cc1ccc(-c2ccccc2[N+](=O)[O-])o1)Nc1cccc(-c2nc3ccccc3s2)c1. The maximum absolute atomic E-state index is 12.5. The lowest BCUT2D eigenvalue weighted by Gasteiger charge is -2.04. The van der Waals surface area contributed by atoms with Crippen LogP contribution < -0.4 is 5.32 Å². The third-order valence-electron chi connectivity index (χ3n) is 5.06. The number of carbonyl (C=O) groups is 1. The van der Waals surface area contributed by atoms with E-state index in [0.717, 1.165) is 20.8 Å². The van der Waals surface area contributed by atoms with E-state index in [1.807, 2.05) is 48.5 Å². The zero-order valence-electron chi connectivity index (χ0n) is 17.7. The number of amides is 1. The molecule has 2 heterocycles. The summed E-state index contributed by atoms with van der Waals surface area (Å²) in [6.07, 6.45) is 2.87. The van der Waals surface area contributed by atoms with Crippen LogP contribution in [0.1, 0.15) is 5.76 Å². The number of fused-ring (bicyclic) bond motifs is 1. The monoisotopic (exact) mass is 467 g/mol. The van der Waals surface area contributed by atoms with Gasteiger partial charge in [0.2, 0.25) is 5.91 Å². The number of hydrogen-bond donors (Lipinski definition) is 1. The molecule has 34 heavy (non-hydrogen) atoms. The summed E-state index contributed by atoms with van der Waals surface area (Å²) in [5, 5.41) is 15.0. The molecular formula is C26H17N3O4S. The van der Waals surface area contributed by atoms with Crippen LogP contribution >= 0.6 is 11.3 Å². The van der Waals surface area contributed by atoms with Crippen molar-refractivity contribution < 1.29 is 14.1 Å². The molecule has 7 nitrogen and oxygen atoms in total. The second kappa shape index (κ2) is 9.13. The van der Waals surface area contributed by atoms with Crippen LogP contribution in [0.15, 0.2) is 95.4 Å². The van der Waals surface area contributed by atoms with Crippen LogP contribution in [-0.4, -0.2) is 15.8 Å². The molecule has 0 spiro atoms. The van der Waals surface area contributed by atoms with Gasteiger partial charge in [-0.05, 0) is 48.5 Å². The number of nitro groups is 1. The van der Waals surface area contributed by atoms with Gasteiger partial charge in [-0.2, -0.15) is 0 Å². The van der Waals surface area contributed by atoms with E-state index in [2.05, 4.69) is 10.3 Å². The molecule has 1 N–H and O–H groups in total. The highest BCUT2D eigenvalue weighted by molar-refractivity contribution is 7.21. The number of aromatic nitrogens is 1. The number of hydrogen-bond acceptors (Lipinski definition) is 6. The van der Waals surface area contributed by atoms with E-state index < -0.39 is 4.92 Å². The second-order valence-corrected chi connectivity index (χ2v) is 8.40. The number of anilines is 1. The van der Waals surface area contributed by atoms with Crippen LogP contribution in [0.4, 0.5) is 11.4 Å². The van der Waals surface area contributed by atoms with Gasteiger partial charge in [-0.3, -0.25) is 14.9 Å². The number of benzene rings is 3. The maximum atomic E-state index is 12.5. The number of thiazole rings is 1. The fourth-order valence-electron chi connectivity index (χ4n) is 3.50. The molecule has 3 aromatic carbocycles. The van der Waals surface area contributed by atoms with E-state index in [-0.39, 0.29) is 11.6 Å². The van der Waals surface area contributed by atoms with Gasteiger partial charge in [-0.25, -0.2) is 4.98 Å². The molecule has 0 aliphatic rings. The van der Waals surface area contributed by atoms with E-state index >= 15 is 0 Å². The molecule has 0 atom stereocenters. The van der Waals surface area contributed by atoms with Gasteiger partial charge in [0, 0.05) is 23.4 Å². The van der Waals surface area contributed by atoms with Gasteiger partial charge in [0.1, 0.15) is 16.5 Å². The predicted octanol–water partition coefficient (Wildman–Crippen LogP) is 6.78. The smallest absolute Gasteiger partial charge is 0.280 e.